The van der Waals surface area contributed by atoms with Gasteiger partial charge in [-0.1, -0.05) is 0 Å². The number of piperidine rings is 1. The molecule has 2 fully saturated rings. The fourth-order valence-corrected chi connectivity index (χ4v) is 3.32. The summed E-state index contributed by atoms with van der Waals surface area (Å²) in [5.41, 5.74) is 0.835. The van der Waals surface area contributed by atoms with Crippen LogP contribution in [-0.4, -0.2) is 75.2 Å². The molecule has 1 amide bonds. The largest absolute Gasteiger partial charge is 0.492 e. The van der Waals surface area contributed by atoms with Crippen molar-refractivity contribution in [1.29, 1.82) is 0 Å². The summed E-state index contributed by atoms with van der Waals surface area (Å²) in [7, 11) is 2.17. The summed E-state index contributed by atoms with van der Waals surface area (Å²) in [6, 6.07) is 7.69. The number of hydrogen-bond acceptors (Lipinski definition) is 5. The Morgan fingerprint density at radius 1 is 1.24 bits per heavy atom. The minimum absolute atomic E-state index is 0.0771. The number of carbonyl (C=O) groups is 1. The summed E-state index contributed by atoms with van der Waals surface area (Å²) >= 11 is 0. The van der Waals surface area contributed by atoms with Crippen LogP contribution in [0.2, 0.25) is 0 Å². The molecule has 0 aromatic heterocycles. The quantitative estimate of drug-likeness (QED) is 0.812. The lowest BCUT2D eigenvalue weighted by molar-refractivity contribution is -0.120. The summed E-state index contributed by atoms with van der Waals surface area (Å²) < 4.78 is 5.83. The van der Waals surface area contributed by atoms with Crippen LogP contribution in [0.15, 0.2) is 24.3 Å². The van der Waals surface area contributed by atoms with E-state index in [2.05, 4.69) is 27.5 Å². The highest BCUT2D eigenvalue weighted by atomic mass is 16.5. The molecular weight excluding hydrogens is 316 g/mol. The SMILES string of the molecule is CN1CCN(CCOc2ccc(NC(=O)C3CCCNC3)cc2)CC1. The first-order chi connectivity index (χ1) is 12.2. The fourth-order valence-electron chi connectivity index (χ4n) is 3.32. The van der Waals surface area contributed by atoms with Crippen molar-refractivity contribution in [2.75, 3.05) is 64.8 Å². The molecule has 2 N–H and O–H groups in total. The first-order valence-corrected chi connectivity index (χ1v) is 9.36. The number of likely N-dealkylation sites (N-methyl/N-ethyl adjacent to an activating group) is 1. The van der Waals surface area contributed by atoms with Crippen LogP contribution in [0, 0.1) is 5.92 Å². The van der Waals surface area contributed by atoms with E-state index in [-0.39, 0.29) is 11.8 Å². The number of ether oxygens (including phenoxy) is 1. The van der Waals surface area contributed by atoms with E-state index < -0.39 is 0 Å². The highest BCUT2D eigenvalue weighted by Gasteiger charge is 2.20. The number of rotatable bonds is 6. The van der Waals surface area contributed by atoms with Gasteiger partial charge in [0.05, 0.1) is 5.92 Å². The number of nitrogens with zero attached hydrogens (tertiary/aromatic N) is 2. The second-order valence-electron chi connectivity index (χ2n) is 7.05. The molecule has 1 unspecified atom stereocenters. The fraction of sp³-hybridized carbons (Fsp3) is 0.632. The maximum Gasteiger partial charge on any atom is 0.228 e. The minimum Gasteiger partial charge on any atom is -0.492 e. The van der Waals surface area contributed by atoms with Gasteiger partial charge >= 0.3 is 0 Å². The highest BCUT2D eigenvalue weighted by molar-refractivity contribution is 5.92. The van der Waals surface area contributed by atoms with Crippen LogP contribution in [0.1, 0.15) is 12.8 Å². The van der Waals surface area contributed by atoms with Gasteiger partial charge in [-0.25, -0.2) is 0 Å². The molecule has 1 aromatic rings. The third-order valence-corrected chi connectivity index (χ3v) is 5.06. The lowest BCUT2D eigenvalue weighted by atomic mass is 9.99. The molecule has 2 aliphatic rings. The number of nitrogens with one attached hydrogen (secondary N) is 2. The van der Waals surface area contributed by atoms with Crippen molar-refractivity contribution in [3.05, 3.63) is 24.3 Å². The molecule has 25 heavy (non-hydrogen) atoms. The summed E-state index contributed by atoms with van der Waals surface area (Å²) in [5.74, 6) is 1.04. The average molecular weight is 346 g/mol. The summed E-state index contributed by atoms with van der Waals surface area (Å²) in [6.45, 7) is 7.94. The van der Waals surface area contributed by atoms with Gasteiger partial charge in [0.25, 0.3) is 0 Å². The van der Waals surface area contributed by atoms with E-state index in [1.54, 1.807) is 0 Å². The van der Waals surface area contributed by atoms with Crippen molar-refractivity contribution in [2.24, 2.45) is 5.92 Å². The molecule has 6 heteroatoms. The molecule has 1 atom stereocenters. The number of piperazine rings is 1. The van der Waals surface area contributed by atoms with E-state index in [1.165, 1.54) is 0 Å². The molecule has 2 aliphatic heterocycles. The number of hydrogen-bond donors (Lipinski definition) is 2. The van der Waals surface area contributed by atoms with Gasteiger partial charge in [-0.05, 0) is 50.7 Å². The van der Waals surface area contributed by atoms with Gasteiger partial charge in [0, 0.05) is 45.0 Å². The molecule has 0 radical (unpaired) electrons. The van der Waals surface area contributed by atoms with Crippen molar-refractivity contribution in [3.63, 3.8) is 0 Å². The van der Waals surface area contributed by atoms with Crippen LogP contribution >= 0.6 is 0 Å². The predicted molar refractivity (Wildman–Crippen MR) is 100 cm³/mol. The molecule has 2 heterocycles. The van der Waals surface area contributed by atoms with Gasteiger partial charge in [-0.2, -0.15) is 0 Å². The Balaban J connectivity index is 1.38. The number of carbonyl (C=O) groups excluding carboxylic acids is 1. The van der Waals surface area contributed by atoms with Crippen molar-refractivity contribution >= 4 is 11.6 Å². The Hall–Kier alpha value is -1.63. The van der Waals surface area contributed by atoms with Gasteiger partial charge in [-0.3, -0.25) is 9.69 Å². The third-order valence-electron chi connectivity index (χ3n) is 5.06. The molecule has 3 rings (SSSR count). The summed E-state index contributed by atoms with van der Waals surface area (Å²) in [4.78, 5) is 17.0. The predicted octanol–water partition coefficient (Wildman–Crippen LogP) is 1.25. The van der Waals surface area contributed by atoms with Crippen LogP contribution in [0.25, 0.3) is 0 Å². The van der Waals surface area contributed by atoms with Crippen LogP contribution in [-0.2, 0) is 4.79 Å². The van der Waals surface area contributed by atoms with Gasteiger partial charge in [-0.15, -0.1) is 0 Å². The van der Waals surface area contributed by atoms with E-state index in [0.717, 1.165) is 70.1 Å². The van der Waals surface area contributed by atoms with Gasteiger partial charge in [0.2, 0.25) is 5.91 Å². The van der Waals surface area contributed by atoms with E-state index >= 15 is 0 Å². The smallest absolute Gasteiger partial charge is 0.228 e. The molecule has 6 nitrogen and oxygen atoms in total. The van der Waals surface area contributed by atoms with Crippen LogP contribution in [0.4, 0.5) is 5.69 Å². The molecule has 1 aromatic carbocycles. The second-order valence-corrected chi connectivity index (χ2v) is 7.05. The Kier molecular flexibility index (Phi) is 6.67. The lowest BCUT2D eigenvalue weighted by Crippen LogP contribution is -2.45. The Morgan fingerprint density at radius 2 is 2.00 bits per heavy atom. The Bertz CT molecular complexity index is 535. The molecular formula is C19H30N4O2. The average Bonchev–Trinajstić information content (AvgIpc) is 2.65. The molecule has 0 aliphatic carbocycles. The van der Waals surface area contributed by atoms with Crippen molar-refractivity contribution in [2.45, 2.75) is 12.8 Å². The zero-order valence-corrected chi connectivity index (χ0v) is 15.2. The third kappa shape index (κ3) is 5.70. The summed E-state index contributed by atoms with van der Waals surface area (Å²) in [5, 5.41) is 6.28. The van der Waals surface area contributed by atoms with Crippen molar-refractivity contribution in [1.82, 2.24) is 15.1 Å². The molecule has 0 spiro atoms. The van der Waals surface area contributed by atoms with Crippen LogP contribution < -0.4 is 15.4 Å². The molecule has 0 bridgehead atoms. The number of anilines is 1. The van der Waals surface area contributed by atoms with Gasteiger partial charge in [0.15, 0.2) is 0 Å². The van der Waals surface area contributed by atoms with Gasteiger partial charge < -0.3 is 20.3 Å². The number of amides is 1. The topological polar surface area (TPSA) is 56.8 Å². The molecule has 138 valence electrons. The van der Waals surface area contributed by atoms with Crippen LogP contribution in [0.3, 0.4) is 0 Å². The van der Waals surface area contributed by atoms with E-state index in [9.17, 15) is 4.79 Å². The lowest BCUT2D eigenvalue weighted by Gasteiger charge is -2.32. The van der Waals surface area contributed by atoms with Crippen molar-refractivity contribution in [3.8, 4) is 5.75 Å². The van der Waals surface area contributed by atoms with Gasteiger partial charge in [0.1, 0.15) is 12.4 Å². The zero-order chi connectivity index (χ0) is 17.5. The maximum atomic E-state index is 12.2. The zero-order valence-electron chi connectivity index (χ0n) is 15.2. The Morgan fingerprint density at radius 3 is 2.68 bits per heavy atom. The highest BCUT2D eigenvalue weighted by Crippen LogP contribution is 2.18. The van der Waals surface area contributed by atoms with E-state index in [4.69, 9.17) is 4.74 Å². The second kappa shape index (κ2) is 9.17. The maximum absolute atomic E-state index is 12.2. The molecule has 0 saturated carbocycles. The normalized spacial score (nSPS) is 22.5. The molecule has 2 saturated heterocycles. The Labute approximate surface area is 150 Å². The van der Waals surface area contributed by atoms with E-state index in [0.29, 0.717) is 6.61 Å². The van der Waals surface area contributed by atoms with Crippen molar-refractivity contribution < 1.29 is 9.53 Å². The minimum atomic E-state index is 0.0771. The first-order valence-electron chi connectivity index (χ1n) is 9.36. The standard InChI is InChI=1S/C19H30N4O2/c1-22-9-11-23(12-10-22)13-14-25-18-6-4-17(5-7-18)21-19(24)16-3-2-8-20-15-16/h4-7,16,20H,2-3,8-15H2,1H3,(H,21,24). The number of benzene rings is 1. The van der Waals surface area contributed by atoms with Crippen LogP contribution in [0.5, 0.6) is 5.75 Å². The monoisotopic (exact) mass is 346 g/mol. The summed E-state index contributed by atoms with van der Waals surface area (Å²) in [6.07, 6.45) is 2.03. The first kappa shape index (κ1) is 18.2. The van der Waals surface area contributed by atoms with E-state index in [1.807, 2.05) is 24.3 Å².